The van der Waals surface area contributed by atoms with Gasteiger partial charge in [-0.1, -0.05) is 6.07 Å². The zero-order chi connectivity index (χ0) is 14.8. The van der Waals surface area contributed by atoms with E-state index in [0.29, 0.717) is 29.6 Å². The Morgan fingerprint density at radius 1 is 1.48 bits per heavy atom. The molecule has 2 unspecified atom stereocenters. The van der Waals surface area contributed by atoms with Gasteiger partial charge in [0.2, 0.25) is 0 Å². The molecule has 0 aromatic heterocycles. The molecule has 21 heavy (non-hydrogen) atoms. The lowest BCUT2D eigenvalue weighted by atomic mass is 10.1. The van der Waals surface area contributed by atoms with Crippen LogP contribution >= 0.6 is 0 Å². The number of para-hydroxylation sites is 1. The SMILES string of the molecule is CC1Oc2c(cccc2C(=O)NCC2CCCN2)NC1=O. The number of anilines is 1. The van der Waals surface area contributed by atoms with Crippen molar-refractivity contribution in [2.24, 2.45) is 0 Å². The Hall–Kier alpha value is -2.08. The lowest BCUT2D eigenvalue weighted by molar-refractivity contribution is -0.122. The molecule has 0 bridgehead atoms. The van der Waals surface area contributed by atoms with E-state index in [0.717, 1.165) is 19.4 Å². The molecular weight excluding hydrogens is 270 g/mol. The second-order valence-corrected chi connectivity index (χ2v) is 5.43. The Kier molecular flexibility index (Phi) is 3.79. The molecule has 6 nitrogen and oxygen atoms in total. The van der Waals surface area contributed by atoms with Gasteiger partial charge < -0.3 is 20.7 Å². The van der Waals surface area contributed by atoms with Crippen molar-refractivity contribution < 1.29 is 14.3 Å². The maximum atomic E-state index is 12.3. The van der Waals surface area contributed by atoms with Gasteiger partial charge in [-0.2, -0.15) is 0 Å². The van der Waals surface area contributed by atoms with Gasteiger partial charge in [0.25, 0.3) is 11.8 Å². The molecule has 0 aliphatic carbocycles. The van der Waals surface area contributed by atoms with Crippen molar-refractivity contribution in [1.29, 1.82) is 0 Å². The number of nitrogens with one attached hydrogen (secondary N) is 3. The fraction of sp³-hybridized carbons (Fsp3) is 0.467. The molecule has 1 aromatic carbocycles. The molecule has 112 valence electrons. The number of hydrogen-bond donors (Lipinski definition) is 3. The van der Waals surface area contributed by atoms with Gasteiger partial charge in [0.15, 0.2) is 11.9 Å². The van der Waals surface area contributed by atoms with E-state index in [1.165, 1.54) is 0 Å². The molecule has 3 rings (SSSR count). The van der Waals surface area contributed by atoms with Crippen LogP contribution < -0.4 is 20.7 Å². The average Bonchev–Trinajstić information content (AvgIpc) is 2.99. The zero-order valence-electron chi connectivity index (χ0n) is 11.9. The summed E-state index contributed by atoms with van der Waals surface area (Å²) in [5.74, 6) is 0.0700. The van der Waals surface area contributed by atoms with E-state index >= 15 is 0 Å². The second kappa shape index (κ2) is 5.73. The molecule has 0 saturated carbocycles. The molecule has 2 atom stereocenters. The van der Waals surface area contributed by atoms with Crippen LogP contribution in [0.1, 0.15) is 30.1 Å². The fourth-order valence-corrected chi connectivity index (χ4v) is 2.65. The molecule has 2 heterocycles. The standard InChI is InChI=1S/C15H19N3O3/c1-9-14(19)18-12-6-2-5-11(13(12)21-9)15(20)17-8-10-4-3-7-16-10/h2,5-6,9-10,16H,3-4,7-8H2,1H3,(H,17,20)(H,18,19). The van der Waals surface area contributed by atoms with Crippen LogP contribution in [0.25, 0.3) is 0 Å². The first-order chi connectivity index (χ1) is 10.1. The summed E-state index contributed by atoms with van der Waals surface area (Å²) in [5.41, 5.74) is 1.00. The number of benzene rings is 1. The Labute approximate surface area is 123 Å². The minimum Gasteiger partial charge on any atom is -0.478 e. The highest BCUT2D eigenvalue weighted by molar-refractivity contribution is 6.03. The van der Waals surface area contributed by atoms with Gasteiger partial charge in [-0.15, -0.1) is 0 Å². The third-order valence-electron chi connectivity index (χ3n) is 3.85. The van der Waals surface area contributed by atoms with E-state index in [9.17, 15) is 9.59 Å². The molecule has 1 fully saturated rings. The van der Waals surface area contributed by atoms with Gasteiger partial charge in [0.05, 0.1) is 11.3 Å². The van der Waals surface area contributed by atoms with E-state index in [1.807, 2.05) is 0 Å². The summed E-state index contributed by atoms with van der Waals surface area (Å²) in [6, 6.07) is 5.52. The summed E-state index contributed by atoms with van der Waals surface area (Å²) in [6.45, 7) is 3.27. The highest BCUT2D eigenvalue weighted by Gasteiger charge is 2.27. The van der Waals surface area contributed by atoms with E-state index in [1.54, 1.807) is 25.1 Å². The lowest BCUT2D eigenvalue weighted by Crippen LogP contribution is -2.38. The summed E-state index contributed by atoms with van der Waals surface area (Å²) >= 11 is 0. The molecule has 1 saturated heterocycles. The number of hydrogen-bond acceptors (Lipinski definition) is 4. The Morgan fingerprint density at radius 3 is 3.10 bits per heavy atom. The molecular formula is C15H19N3O3. The van der Waals surface area contributed by atoms with Crippen LogP contribution in [0.2, 0.25) is 0 Å². The van der Waals surface area contributed by atoms with Gasteiger partial charge in [-0.05, 0) is 38.4 Å². The number of rotatable bonds is 3. The predicted molar refractivity (Wildman–Crippen MR) is 78.5 cm³/mol. The molecule has 3 N–H and O–H groups in total. The summed E-state index contributed by atoms with van der Waals surface area (Å²) in [5, 5.41) is 9.00. The average molecular weight is 289 g/mol. The van der Waals surface area contributed by atoms with Crippen LogP contribution in [0.4, 0.5) is 5.69 Å². The molecule has 0 radical (unpaired) electrons. The number of fused-ring (bicyclic) bond motifs is 1. The van der Waals surface area contributed by atoms with E-state index in [2.05, 4.69) is 16.0 Å². The summed E-state index contributed by atoms with van der Waals surface area (Å²) in [7, 11) is 0. The normalized spacial score (nSPS) is 24.0. The number of carbonyl (C=O) groups excluding carboxylic acids is 2. The molecule has 1 aromatic rings. The first kappa shape index (κ1) is 13.9. The summed E-state index contributed by atoms with van der Waals surface area (Å²) in [4.78, 5) is 23.9. The predicted octanol–water partition coefficient (Wildman–Crippen LogP) is 0.888. The number of ether oxygens (including phenoxy) is 1. The first-order valence-corrected chi connectivity index (χ1v) is 7.27. The third-order valence-corrected chi connectivity index (χ3v) is 3.85. The van der Waals surface area contributed by atoms with Crippen LogP contribution in [-0.4, -0.2) is 37.0 Å². The minimum absolute atomic E-state index is 0.177. The quantitative estimate of drug-likeness (QED) is 0.772. The van der Waals surface area contributed by atoms with Gasteiger partial charge in [-0.3, -0.25) is 9.59 Å². The van der Waals surface area contributed by atoms with Crippen molar-refractivity contribution in [3.05, 3.63) is 23.8 Å². The number of amides is 2. The van der Waals surface area contributed by atoms with Crippen molar-refractivity contribution >= 4 is 17.5 Å². The highest BCUT2D eigenvalue weighted by atomic mass is 16.5. The van der Waals surface area contributed by atoms with Crippen LogP contribution in [0.5, 0.6) is 5.75 Å². The number of carbonyl (C=O) groups is 2. The third kappa shape index (κ3) is 2.85. The molecule has 2 aliphatic rings. The summed E-state index contributed by atoms with van der Waals surface area (Å²) in [6.07, 6.45) is 1.63. The van der Waals surface area contributed by atoms with Crippen LogP contribution in [0, 0.1) is 0 Å². The Morgan fingerprint density at radius 2 is 2.33 bits per heavy atom. The smallest absolute Gasteiger partial charge is 0.265 e. The van der Waals surface area contributed by atoms with Gasteiger partial charge in [-0.25, -0.2) is 0 Å². The van der Waals surface area contributed by atoms with E-state index in [-0.39, 0.29) is 11.8 Å². The topological polar surface area (TPSA) is 79.5 Å². The Balaban J connectivity index is 1.74. The van der Waals surface area contributed by atoms with Crippen molar-refractivity contribution in [1.82, 2.24) is 10.6 Å². The summed E-state index contributed by atoms with van der Waals surface area (Å²) < 4.78 is 5.58. The minimum atomic E-state index is -0.594. The Bertz CT molecular complexity index is 567. The highest BCUT2D eigenvalue weighted by Crippen LogP contribution is 2.33. The van der Waals surface area contributed by atoms with Crippen molar-refractivity contribution in [3.63, 3.8) is 0 Å². The molecule has 0 spiro atoms. The van der Waals surface area contributed by atoms with Crippen molar-refractivity contribution in [2.75, 3.05) is 18.4 Å². The molecule has 6 heteroatoms. The fourth-order valence-electron chi connectivity index (χ4n) is 2.65. The van der Waals surface area contributed by atoms with E-state index < -0.39 is 6.10 Å². The van der Waals surface area contributed by atoms with Gasteiger partial charge >= 0.3 is 0 Å². The van der Waals surface area contributed by atoms with Gasteiger partial charge in [0.1, 0.15) is 0 Å². The van der Waals surface area contributed by atoms with Crippen LogP contribution in [-0.2, 0) is 4.79 Å². The molecule has 2 amide bonds. The first-order valence-electron chi connectivity index (χ1n) is 7.27. The molecule has 2 aliphatic heterocycles. The van der Waals surface area contributed by atoms with E-state index in [4.69, 9.17) is 4.74 Å². The monoisotopic (exact) mass is 289 g/mol. The van der Waals surface area contributed by atoms with Crippen molar-refractivity contribution in [3.8, 4) is 5.75 Å². The lowest BCUT2D eigenvalue weighted by Gasteiger charge is -2.25. The maximum absolute atomic E-state index is 12.3. The van der Waals surface area contributed by atoms with Crippen molar-refractivity contribution in [2.45, 2.75) is 31.9 Å². The zero-order valence-corrected chi connectivity index (χ0v) is 11.9. The van der Waals surface area contributed by atoms with Crippen LogP contribution in [0.3, 0.4) is 0 Å². The largest absolute Gasteiger partial charge is 0.478 e. The van der Waals surface area contributed by atoms with Crippen LogP contribution in [0.15, 0.2) is 18.2 Å². The second-order valence-electron chi connectivity index (χ2n) is 5.43. The van der Waals surface area contributed by atoms with Gasteiger partial charge in [0, 0.05) is 12.6 Å². The maximum Gasteiger partial charge on any atom is 0.265 e.